The van der Waals surface area contributed by atoms with Crippen molar-refractivity contribution in [2.45, 2.75) is 65.1 Å². The van der Waals surface area contributed by atoms with E-state index in [1.165, 1.54) is 39.0 Å². The van der Waals surface area contributed by atoms with Crippen LogP contribution >= 0.6 is 0 Å². The van der Waals surface area contributed by atoms with Gasteiger partial charge in [-0.25, -0.2) is 4.79 Å². The van der Waals surface area contributed by atoms with E-state index in [0.29, 0.717) is 11.5 Å². The molecule has 3 heterocycles. The lowest BCUT2D eigenvalue weighted by molar-refractivity contribution is -0.132. The highest BCUT2D eigenvalue weighted by atomic mass is 16.6. The van der Waals surface area contributed by atoms with E-state index in [-0.39, 0.29) is 6.09 Å². The van der Waals surface area contributed by atoms with E-state index in [1.807, 2.05) is 25.7 Å². The second-order valence-corrected chi connectivity index (χ2v) is 9.10. The Morgan fingerprint density at radius 1 is 1.09 bits per heavy atom. The summed E-state index contributed by atoms with van der Waals surface area (Å²) in [5.74, 6) is 0. The molecule has 0 bridgehead atoms. The van der Waals surface area contributed by atoms with Crippen molar-refractivity contribution >= 4 is 6.09 Å². The highest BCUT2D eigenvalue weighted by Gasteiger charge is 2.55. The van der Waals surface area contributed by atoms with Gasteiger partial charge in [0.05, 0.1) is 0 Å². The van der Waals surface area contributed by atoms with Crippen molar-refractivity contribution in [3.63, 3.8) is 0 Å². The molecule has 0 unspecified atom stereocenters. The fourth-order valence-corrected chi connectivity index (χ4v) is 4.26. The van der Waals surface area contributed by atoms with Gasteiger partial charge in [-0.3, -0.25) is 4.90 Å². The van der Waals surface area contributed by atoms with E-state index in [4.69, 9.17) is 4.74 Å². The lowest BCUT2D eigenvalue weighted by atomic mass is 9.72. The van der Waals surface area contributed by atoms with Crippen molar-refractivity contribution in [1.29, 1.82) is 0 Å². The highest BCUT2D eigenvalue weighted by Crippen LogP contribution is 2.42. The van der Waals surface area contributed by atoms with Crippen LogP contribution in [0.5, 0.6) is 0 Å². The number of rotatable bonds is 2. The van der Waals surface area contributed by atoms with Gasteiger partial charge in [0.15, 0.2) is 0 Å². The molecule has 5 heteroatoms. The quantitative estimate of drug-likeness (QED) is 0.782. The summed E-state index contributed by atoms with van der Waals surface area (Å²) in [6.45, 7) is 16.9. The summed E-state index contributed by atoms with van der Waals surface area (Å²) in [7, 11) is 0. The zero-order valence-electron chi connectivity index (χ0n) is 15.5. The first-order valence-corrected chi connectivity index (χ1v) is 9.14. The predicted octanol–water partition coefficient (Wildman–Crippen LogP) is 2.41. The van der Waals surface area contributed by atoms with Gasteiger partial charge >= 0.3 is 6.09 Å². The normalized spacial score (nSPS) is 26.3. The maximum Gasteiger partial charge on any atom is 0.410 e. The molecule has 0 aliphatic carbocycles. The summed E-state index contributed by atoms with van der Waals surface area (Å²) in [5.41, 5.74) is -0.0258. The number of amides is 1. The third kappa shape index (κ3) is 3.66. The van der Waals surface area contributed by atoms with Crippen LogP contribution < -0.4 is 0 Å². The Labute approximate surface area is 140 Å². The van der Waals surface area contributed by atoms with Crippen LogP contribution in [0, 0.1) is 5.41 Å². The monoisotopic (exact) mass is 323 g/mol. The molecule has 3 fully saturated rings. The molecule has 3 aliphatic heterocycles. The van der Waals surface area contributed by atoms with E-state index in [9.17, 15) is 4.79 Å². The van der Waals surface area contributed by atoms with Crippen molar-refractivity contribution in [2.24, 2.45) is 5.41 Å². The second kappa shape index (κ2) is 5.92. The molecule has 0 radical (unpaired) electrons. The summed E-state index contributed by atoms with van der Waals surface area (Å²) in [6.07, 6.45) is 2.44. The summed E-state index contributed by atoms with van der Waals surface area (Å²) in [6, 6.07) is 1.43. The third-order valence-electron chi connectivity index (χ3n) is 5.53. The van der Waals surface area contributed by atoms with Crippen molar-refractivity contribution < 1.29 is 9.53 Å². The molecule has 1 spiro atoms. The SMILES string of the molecule is CC(C)N1CCC(N2CC3(CN(C(=O)OC(C)(C)C)C3)C2)CC1. The Balaban J connectivity index is 1.39. The fourth-order valence-electron chi connectivity index (χ4n) is 4.26. The number of hydrogen-bond donors (Lipinski definition) is 0. The van der Waals surface area contributed by atoms with Gasteiger partial charge in [0.2, 0.25) is 0 Å². The summed E-state index contributed by atoms with van der Waals surface area (Å²) >= 11 is 0. The second-order valence-electron chi connectivity index (χ2n) is 9.10. The summed E-state index contributed by atoms with van der Waals surface area (Å²) in [4.78, 5) is 19.1. The van der Waals surface area contributed by atoms with Crippen LogP contribution in [0.15, 0.2) is 0 Å². The zero-order valence-corrected chi connectivity index (χ0v) is 15.5. The van der Waals surface area contributed by atoms with Crippen molar-refractivity contribution in [1.82, 2.24) is 14.7 Å². The minimum Gasteiger partial charge on any atom is -0.444 e. The third-order valence-corrected chi connectivity index (χ3v) is 5.53. The molecule has 0 atom stereocenters. The minimum absolute atomic E-state index is 0.146. The van der Waals surface area contributed by atoms with Gasteiger partial charge in [0.25, 0.3) is 0 Å². The van der Waals surface area contributed by atoms with Gasteiger partial charge in [-0.15, -0.1) is 0 Å². The Morgan fingerprint density at radius 3 is 2.13 bits per heavy atom. The molecule has 0 aromatic heterocycles. The van der Waals surface area contributed by atoms with Crippen LogP contribution in [0.2, 0.25) is 0 Å². The molecule has 0 saturated carbocycles. The van der Waals surface area contributed by atoms with Crippen LogP contribution in [0.25, 0.3) is 0 Å². The molecule has 1 amide bonds. The maximum atomic E-state index is 12.0. The van der Waals surface area contributed by atoms with Gasteiger partial charge in [-0.05, 0) is 60.5 Å². The number of piperidine rings is 1. The van der Waals surface area contributed by atoms with Crippen LogP contribution in [0.4, 0.5) is 4.79 Å². The van der Waals surface area contributed by atoms with Gasteiger partial charge in [0.1, 0.15) is 5.60 Å². The number of carbonyl (C=O) groups is 1. The minimum atomic E-state index is -0.393. The highest BCUT2D eigenvalue weighted by molar-refractivity contribution is 5.69. The van der Waals surface area contributed by atoms with Crippen molar-refractivity contribution in [3.05, 3.63) is 0 Å². The van der Waals surface area contributed by atoms with Crippen molar-refractivity contribution in [2.75, 3.05) is 39.3 Å². The average Bonchev–Trinajstić information content (AvgIpc) is 2.33. The van der Waals surface area contributed by atoms with E-state index in [0.717, 1.165) is 19.1 Å². The van der Waals surface area contributed by atoms with Gasteiger partial charge < -0.3 is 14.5 Å². The van der Waals surface area contributed by atoms with Crippen LogP contribution in [-0.2, 0) is 4.74 Å². The van der Waals surface area contributed by atoms with E-state index >= 15 is 0 Å². The number of likely N-dealkylation sites (tertiary alicyclic amines) is 3. The molecule has 0 N–H and O–H groups in total. The molecule has 0 aromatic carbocycles. The molecular formula is C18H33N3O2. The van der Waals surface area contributed by atoms with E-state index < -0.39 is 5.60 Å². The number of nitrogens with zero attached hydrogens (tertiary/aromatic N) is 3. The Morgan fingerprint density at radius 2 is 1.65 bits per heavy atom. The largest absolute Gasteiger partial charge is 0.444 e. The lowest BCUT2D eigenvalue weighted by Gasteiger charge is -2.62. The molecule has 132 valence electrons. The standard InChI is InChI=1S/C18H33N3O2/c1-14(2)19-8-6-15(7-9-19)20-10-18(11-20)12-21(13-18)16(22)23-17(3,4)5/h14-15H,6-13H2,1-5H3. The van der Waals surface area contributed by atoms with E-state index in [2.05, 4.69) is 23.6 Å². The molecule has 3 rings (SSSR count). The maximum absolute atomic E-state index is 12.0. The van der Waals surface area contributed by atoms with Crippen molar-refractivity contribution in [3.8, 4) is 0 Å². The van der Waals surface area contributed by atoms with Gasteiger partial charge in [-0.2, -0.15) is 0 Å². The topological polar surface area (TPSA) is 36.0 Å². The molecule has 5 nitrogen and oxygen atoms in total. The van der Waals surface area contributed by atoms with Gasteiger partial charge in [-0.1, -0.05) is 0 Å². The molecule has 3 saturated heterocycles. The Kier molecular flexibility index (Phi) is 4.38. The summed E-state index contributed by atoms with van der Waals surface area (Å²) in [5, 5.41) is 0. The number of carbonyl (C=O) groups excluding carboxylic acids is 1. The first-order valence-electron chi connectivity index (χ1n) is 9.14. The Bertz CT molecular complexity index is 436. The fraction of sp³-hybridized carbons (Fsp3) is 0.944. The number of hydrogen-bond acceptors (Lipinski definition) is 4. The number of ether oxygens (including phenoxy) is 1. The molecule has 0 aromatic rings. The van der Waals surface area contributed by atoms with Gasteiger partial charge in [0, 0.05) is 43.7 Å². The first kappa shape index (κ1) is 17.0. The van der Waals surface area contributed by atoms with Crippen LogP contribution in [0.1, 0.15) is 47.5 Å². The predicted molar refractivity (Wildman–Crippen MR) is 91.5 cm³/mol. The molecular weight excluding hydrogens is 290 g/mol. The lowest BCUT2D eigenvalue weighted by Crippen LogP contribution is -2.74. The zero-order chi connectivity index (χ0) is 16.8. The molecule has 3 aliphatic rings. The van der Waals surface area contributed by atoms with Crippen LogP contribution in [-0.4, -0.2) is 77.7 Å². The Hall–Kier alpha value is -0.810. The van der Waals surface area contributed by atoms with Crippen LogP contribution in [0.3, 0.4) is 0 Å². The first-order chi connectivity index (χ1) is 10.7. The average molecular weight is 323 g/mol. The smallest absolute Gasteiger partial charge is 0.410 e. The summed E-state index contributed by atoms with van der Waals surface area (Å²) < 4.78 is 5.45. The molecule has 23 heavy (non-hydrogen) atoms. The van der Waals surface area contributed by atoms with E-state index in [1.54, 1.807) is 0 Å².